The minimum Gasteiger partial charge on any atom is -0.462 e. The van der Waals surface area contributed by atoms with E-state index in [0.717, 1.165) is 22.9 Å². The summed E-state index contributed by atoms with van der Waals surface area (Å²) < 4.78 is 17.1. The van der Waals surface area contributed by atoms with Crippen molar-refractivity contribution < 1.29 is 23.8 Å². The molecule has 0 aromatic heterocycles. The molecular weight excluding hydrogens is 452 g/mol. The maximum absolute atomic E-state index is 13.3. The number of thiocyanates is 1. The fraction of sp³-hybridized carbons (Fsp3) is 0.308. The number of para-hydroxylation sites is 1. The quantitative estimate of drug-likeness (QED) is 0.393. The molecule has 2 aromatic carbocycles. The van der Waals surface area contributed by atoms with Crippen LogP contribution in [0.3, 0.4) is 0 Å². The molecule has 1 aliphatic heterocycles. The molecule has 0 saturated carbocycles. The number of esters is 2. The molecule has 1 atom stereocenters. The van der Waals surface area contributed by atoms with Crippen molar-refractivity contribution in [2.45, 2.75) is 33.3 Å². The number of hydrogen-bond donors (Lipinski definition) is 0. The molecule has 1 unspecified atom stereocenters. The van der Waals surface area contributed by atoms with Gasteiger partial charge in [0.15, 0.2) is 5.60 Å². The zero-order valence-corrected chi connectivity index (χ0v) is 20.4. The molecule has 0 radical (unpaired) electrons. The van der Waals surface area contributed by atoms with Crippen LogP contribution in [0.5, 0.6) is 0 Å². The Morgan fingerprint density at radius 2 is 1.62 bits per heavy atom. The second-order valence-electron chi connectivity index (χ2n) is 7.52. The highest BCUT2D eigenvalue weighted by atomic mass is 32.2. The first-order chi connectivity index (χ1) is 16.4. The minimum absolute atomic E-state index is 0.0215. The second-order valence-corrected chi connectivity index (χ2v) is 8.28. The van der Waals surface area contributed by atoms with Crippen molar-refractivity contribution in [2.75, 3.05) is 19.0 Å². The number of nitrogens with zero attached hydrogens (tertiary/aromatic N) is 2. The lowest BCUT2D eigenvalue weighted by Gasteiger charge is -2.30. The molecule has 0 N–H and O–H groups in total. The molecule has 2 aromatic rings. The summed E-state index contributed by atoms with van der Waals surface area (Å²) in [6.45, 7) is 7.35. The number of carbonyl (C=O) groups is 2. The Balaban J connectivity index is 2.38. The van der Waals surface area contributed by atoms with Crippen LogP contribution in [0.4, 0.5) is 5.69 Å². The first-order valence-electron chi connectivity index (χ1n) is 10.9. The molecule has 0 spiro atoms. The van der Waals surface area contributed by atoms with E-state index < -0.39 is 17.5 Å². The third-order valence-electron chi connectivity index (χ3n) is 5.33. The molecule has 3 rings (SSSR count). The number of aryl methyl sites for hydroxylation is 2. The molecule has 0 saturated heterocycles. The van der Waals surface area contributed by atoms with Gasteiger partial charge >= 0.3 is 11.9 Å². The van der Waals surface area contributed by atoms with Gasteiger partial charge in [-0.2, -0.15) is 5.26 Å². The average Bonchev–Trinajstić information content (AvgIpc) is 3.16. The summed E-state index contributed by atoms with van der Waals surface area (Å²) in [5, 5.41) is 11.4. The van der Waals surface area contributed by atoms with Gasteiger partial charge in [-0.1, -0.05) is 48.5 Å². The number of carbonyl (C=O) groups excluding carboxylic acids is 2. The third kappa shape index (κ3) is 4.85. The summed E-state index contributed by atoms with van der Waals surface area (Å²) in [6.07, 6.45) is 0. The topological polar surface area (TPSA) is 98.0 Å². The summed E-state index contributed by atoms with van der Waals surface area (Å²) in [4.78, 5) is 31.2. The molecule has 1 heterocycles. The van der Waals surface area contributed by atoms with E-state index in [4.69, 9.17) is 19.2 Å². The lowest BCUT2D eigenvalue weighted by Crippen LogP contribution is -2.36. The van der Waals surface area contributed by atoms with Gasteiger partial charge < -0.3 is 14.2 Å². The zero-order chi connectivity index (χ0) is 24.7. The van der Waals surface area contributed by atoms with Crippen molar-refractivity contribution in [1.29, 1.82) is 5.26 Å². The summed E-state index contributed by atoms with van der Waals surface area (Å²) in [7, 11) is 0. The van der Waals surface area contributed by atoms with Gasteiger partial charge in [-0.05, 0) is 50.6 Å². The first kappa shape index (κ1) is 25.1. The van der Waals surface area contributed by atoms with Crippen LogP contribution in [-0.2, 0) is 29.4 Å². The van der Waals surface area contributed by atoms with Gasteiger partial charge in [0.2, 0.25) is 5.90 Å². The Bertz CT molecular complexity index is 1160. The van der Waals surface area contributed by atoms with Crippen molar-refractivity contribution in [3.63, 3.8) is 0 Å². The van der Waals surface area contributed by atoms with Crippen molar-refractivity contribution in [3.8, 4) is 5.40 Å². The van der Waals surface area contributed by atoms with Gasteiger partial charge in [0.25, 0.3) is 0 Å². The maximum Gasteiger partial charge on any atom is 0.344 e. The largest absolute Gasteiger partial charge is 0.462 e. The SMILES string of the molecule is CCOC(=O)C1=C(C(=O)OCC)C(CSC#N)(c2ccccc2)OC1=Nc1c(C)cccc1C. The molecule has 8 heteroatoms. The van der Waals surface area contributed by atoms with Gasteiger partial charge in [-0.15, -0.1) is 0 Å². The van der Waals surface area contributed by atoms with E-state index in [1.807, 2.05) is 43.5 Å². The number of ether oxygens (including phenoxy) is 3. The van der Waals surface area contributed by atoms with E-state index in [1.54, 1.807) is 38.1 Å². The Kier molecular flexibility index (Phi) is 8.13. The van der Waals surface area contributed by atoms with Crippen molar-refractivity contribution in [1.82, 2.24) is 0 Å². The Morgan fingerprint density at radius 1 is 1.00 bits per heavy atom. The van der Waals surface area contributed by atoms with Crippen molar-refractivity contribution in [3.05, 3.63) is 76.4 Å². The van der Waals surface area contributed by atoms with Crippen LogP contribution < -0.4 is 0 Å². The van der Waals surface area contributed by atoms with E-state index in [9.17, 15) is 14.9 Å². The van der Waals surface area contributed by atoms with Gasteiger partial charge in [-0.3, -0.25) is 0 Å². The molecule has 0 bridgehead atoms. The van der Waals surface area contributed by atoms with Gasteiger partial charge in [0.1, 0.15) is 16.5 Å². The predicted octanol–water partition coefficient (Wildman–Crippen LogP) is 4.90. The van der Waals surface area contributed by atoms with Crippen molar-refractivity contribution in [2.24, 2.45) is 4.99 Å². The van der Waals surface area contributed by atoms with E-state index in [2.05, 4.69) is 0 Å². The maximum atomic E-state index is 13.3. The molecule has 7 nitrogen and oxygen atoms in total. The minimum atomic E-state index is -1.47. The Hall–Kier alpha value is -3.57. The van der Waals surface area contributed by atoms with E-state index >= 15 is 0 Å². The highest BCUT2D eigenvalue weighted by Crippen LogP contribution is 2.46. The van der Waals surface area contributed by atoms with Crippen LogP contribution in [0.2, 0.25) is 0 Å². The standard InChI is InChI=1S/C26H26N2O5S/c1-5-31-24(29)20-21(25(30)32-6-2)26(15-34-16-27,19-13-8-7-9-14-19)33-23(20)28-22-17(3)11-10-12-18(22)4/h7-14H,5-6,15H2,1-4H3. The van der Waals surface area contributed by atoms with E-state index in [0.29, 0.717) is 11.3 Å². The molecular formula is C26H26N2O5S. The summed E-state index contributed by atoms with van der Waals surface area (Å²) in [5.41, 5.74) is 1.39. The average molecular weight is 479 g/mol. The van der Waals surface area contributed by atoms with Crippen LogP contribution in [0.1, 0.15) is 30.5 Å². The van der Waals surface area contributed by atoms with E-state index in [1.165, 1.54) is 0 Å². The summed E-state index contributed by atoms with van der Waals surface area (Å²) >= 11 is 0.912. The van der Waals surface area contributed by atoms with Crippen LogP contribution in [0.15, 0.2) is 64.7 Å². The molecule has 1 aliphatic rings. The van der Waals surface area contributed by atoms with E-state index in [-0.39, 0.29) is 36.0 Å². The number of benzene rings is 2. The fourth-order valence-electron chi connectivity index (χ4n) is 3.83. The van der Waals surface area contributed by atoms with Crippen LogP contribution in [0.25, 0.3) is 0 Å². The number of aliphatic imine (C=N–C) groups is 1. The normalized spacial score (nSPS) is 18.4. The number of hydrogen-bond acceptors (Lipinski definition) is 8. The molecule has 0 amide bonds. The van der Waals surface area contributed by atoms with Gasteiger partial charge in [0, 0.05) is 5.56 Å². The van der Waals surface area contributed by atoms with Crippen LogP contribution in [-0.4, -0.2) is 36.8 Å². The molecule has 0 fully saturated rings. The number of thioether (sulfide) groups is 1. The monoisotopic (exact) mass is 478 g/mol. The van der Waals surface area contributed by atoms with Gasteiger partial charge in [0.05, 0.1) is 24.7 Å². The predicted molar refractivity (Wildman–Crippen MR) is 131 cm³/mol. The van der Waals surface area contributed by atoms with Gasteiger partial charge in [-0.25, -0.2) is 14.6 Å². The smallest absolute Gasteiger partial charge is 0.344 e. The van der Waals surface area contributed by atoms with Crippen LogP contribution >= 0.6 is 11.8 Å². The summed E-state index contributed by atoms with van der Waals surface area (Å²) in [5.74, 6) is -1.47. The van der Waals surface area contributed by atoms with Crippen LogP contribution in [0, 0.1) is 24.5 Å². The lowest BCUT2D eigenvalue weighted by molar-refractivity contribution is -0.142. The lowest BCUT2D eigenvalue weighted by atomic mass is 9.86. The zero-order valence-electron chi connectivity index (χ0n) is 19.6. The third-order valence-corrected chi connectivity index (χ3v) is 6.01. The second kappa shape index (κ2) is 11.0. The highest BCUT2D eigenvalue weighted by molar-refractivity contribution is 8.03. The highest BCUT2D eigenvalue weighted by Gasteiger charge is 2.54. The molecule has 176 valence electrons. The number of rotatable bonds is 8. The Morgan fingerprint density at radius 3 is 2.21 bits per heavy atom. The summed E-state index contributed by atoms with van der Waals surface area (Å²) in [6, 6.07) is 14.7. The van der Waals surface area contributed by atoms with Crippen molar-refractivity contribution >= 4 is 35.3 Å². The molecule has 34 heavy (non-hydrogen) atoms. The Labute approximate surface area is 203 Å². The fourth-order valence-corrected chi connectivity index (χ4v) is 4.47. The molecule has 0 aliphatic carbocycles. The number of nitriles is 1. The first-order valence-corrected chi connectivity index (χ1v) is 11.9.